The average Bonchev–Trinajstić information content (AvgIpc) is 2.87. The first-order valence-corrected chi connectivity index (χ1v) is 7.29. The molecule has 0 aromatic carbocycles. The molecule has 1 unspecified atom stereocenters. The van der Waals surface area contributed by atoms with Crippen molar-refractivity contribution >= 4 is 11.3 Å². The summed E-state index contributed by atoms with van der Waals surface area (Å²) in [6.07, 6.45) is -1.96. The third kappa shape index (κ3) is 3.49. The predicted molar refractivity (Wildman–Crippen MR) is 72.1 cm³/mol. The van der Waals surface area contributed by atoms with Crippen molar-refractivity contribution in [3.63, 3.8) is 0 Å². The van der Waals surface area contributed by atoms with E-state index in [0.29, 0.717) is 35.7 Å². The van der Waals surface area contributed by atoms with E-state index in [0.717, 1.165) is 0 Å². The molecule has 116 valence electrons. The van der Waals surface area contributed by atoms with Gasteiger partial charge >= 0.3 is 6.18 Å². The second-order valence-corrected chi connectivity index (χ2v) is 5.43. The zero-order chi connectivity index (χ0) is 15.4. The van der Waals surface area contributed by atoms with Crippen LogP contribution in [0.1, 0.15) is 49.5 Å². The summed E-state index contributed by atoms with van der Waals surface area (Å²) in [6, 6.07) is -0.522. The molecule has 1 rings (SSSR count). The number of hydrogen-bond acceptors (Lipinski definition) is 5. The van der Waals surface area contributed by atoms with Crippen LogP contribution < -0.4 is 11.3 Å². The van der Waals surface area contributed by atoms with Crippen molar-refractivity contribution in [3.05, 3.63) is 16.1 Å². The first kappa shape index (κ1) is 17.4. The molecule has 4 nitrogen and oxygen atoms in total. The molecule has 1 aromatic rings. The van der Waals surface area contributed by atoms with Gasteiger partial charge in [0.15, 0.2) is 5.01 Å². The Hall–Kier alpha value is -0.700. The lowest BCUT2D eigenvalue weighted by Gasteiger charge is -2.38. The van der Waals surface area contributed by atoms with Gasteiger partial charge in [-0.3, -0.25) is 5.84 Å². The number of nitrogens with zero attached hydrogens (tertiary/aromatic N) is 1. The van der Waals surface area contributed by atoms with Crippen molar-refractivity contribution in [2.24, 2.45) is 5.84 Å². The van der Waals surface area contributed by atoms with Crippen LogP contribution in [-0.4, -0.2) is 17.2 Å². The zero-order valence-corrected chi connectivity index (χ0v) is 12.6. The lowest BCUT2D eigenvalue weighted by Crippen LogP contribution is -2.47. The van der Waals surface area contributed by atoms with Gasteiger partial charge in [-0.1, -0.05) is 13.8 Å². The van der Waals surface area contributed by atoms with E-state index in [9.17, 15) is 13.2 Å². The molecular formula is C12H20F3N3OS. The molecule has 0 saturated heterocycles. The zero-order valence-electron chi connectivity index (χ0n) is 11.8. The maximum absolute atomic E-state index is 12.6. The van der Waals surface area contributed by atoms with Crippen molar-refractivity contribution in [1.29, 1.82) is 0 Å². The number of ether oxygens (including phenoxy) is 1. The van der Waals surface area contributed by atoms with Crippen molar-refractivity contribution < 1.29 is 17.9 Å². The number of rotatable bonds is 7. The van der Waals surface area contributed by atoms with Gasteiger partial charge in [-0.15, -0.1) is 11.3 Å². The molecule has 20 heavy (non-hydrogen) atoms. The lowest BCUT2D eigenvalue weighted by atomic mass is 9.87. The minimum atomic E-state index is -4.44. The van der Waals surface area contributed by atoms with Gasteiger partial charge in [-0.25, -0.2) is 10.4 Å². The summed E-state index contributed by atoms with van der Waals surface area (Å²) in [5.74, 6) is 5.56. The molecule has 0 bridgehead atoms. The first-order chi connectivity index (χ1) is 9.34. The highest BCUT2D eigenvalue weighted by Gasteiger charge is 2.41. The molecule has 0 amide bonds. The second kappa shape index (κ2) is 6.84. The van der Waals surface area contributed by atoms with E-state index in [1.165, 1.54) is 6.20 Å². The maximum Gasteiger partial charge on any atom is 0.443 e. The molecule has 0 aliphatic heterocycles. The predicted octanol–water partition coefficient (Wildman–Crippen LogP) is 3.26. The Morgan fingerprint density at radius 3 is 2.30 bits per heavy atom. The van der Waals surface area contributed by atoms with Crippen LogP contribution >= 0.6 is 11.3 Å². The second-order valence-electron chi connectivity index (χ2n) is 4.37. The van der Waals surface area contributed by atoms with Gasteiger partial charge in [0.25, 0.3) is 0 Å². The molecule has 3 N–H and O–H groups in total. The number of thiazole rings is 1. The van der Waals surface area contributed by atoms with E-state index < -0.39 is 22.8 Å². The number of hydrogen-bond donors (Lipinski definition) is 2. The average molecular weight is 311 g/mol. The van der Waals surface area contributed by atoms with Crippen LogP contribution in [0.25, 0.3) is 0 Å². The Morgan fingerprint density at radius 2 is 1.95 bits per heavy atom. The SMILES string of the molecule is CCOC(CC)(CC)C(NN)c1cnc(C(F)(F)F)s1. The van der Waals surface area contributed by atoms with E-state index in [1.54, 1.807) is 0 Å². The van der Waals surface area contributed by atoms with E-state index in [4.69, 9.17) is 10.6 Å². The van der Waals surface area contributed by atoms with Crippen LogP contribution in [0.3, 0.4) is 0 Å². The molecule has 0 radical (unpaired) electrons. The number of alkyl halides is 3. The summed E-state index contributed by atoms with van der Waals surface area (Å²) in [5, 5.41) is -0.870. The maximum atomic E-state index is 12.6. The topological polar surface area (TPSA) is 60.2 Å². The normalized spacial score (nSPS) is 14.6. The Morgan fingerprint density at radius 1 is 1.35 bits per heavy atom. The number of nitrogens with two attached hydrogens (primary N) is 1. The third-order valence-corrected chi connectivity index (χ3v) is 4.48. The van der Waals surface area contributed by atoms with Gasteiger partial charge in [-0.05, 0) is 19.8 Å². The van der Waals surface area contributed by atoms with Crippen molar-refractivity contribution in [2.45, 2.75) is 51.4 Å². The van der Waals surface area contributed by atoms with Crippen LogP contribution in [-0.2, 0) is 10.9 Å². The quantitative estimate of drug-likeness (QED) is 0.599. The summed E-state index contributed by atoms with van der Waals surface area (Å²) in [6.45, 7) is 6.16. The standard InChI is InChI=1S/C12H20F3N3OS/c1-4-11(5-2,19-6-3)9(18-16)8-7-17-10(20-8)12(13,14)15/h7,9,18H,4-6,16H2,1-3H3. The van der Waals surface area contributed by atoms with Crippen LogP contribution in [0, 0.1) is 0 Å². The molecule has 0 aliphatic carbocycles. The third-order valence-electron chi connectivity index (χ3n) is 3.37. The lowest BCUT2D eigenvalue weighted by molar-refractivity contribution is -0.137. The minimum absolute atomic E-state index is 0.428. The van der Waals surface area contributed by atoms with Gasteiger partial charge in [0.05, 0.1) is 11.6 Å². The molecule has 8 heteroatoms. The van der Waals surface area contributed by atoms with Crippen molar-refractivity contribution in [1.82, 2.24) is 10.4 Å². The fourth-order valence-corrected chi connectivity index (χ4v) is 3.23. The highest BCUT2D eigenvalue weighted by Crippen LogP contribution is 2.40. The van der Waals surface area contributed by atoms with Crippen LogP contribution in [0.5, 0.6) is 0 Å². The van der Waals surface area contributed by atoms with E-state index >= 15 is 0 Å². The molecule has 1 atom stereocenters. The number of hydrazine groups is 1. The Labute approximate surface area is 120 Å². The van der Waals surface area contributed by atoms with Crippen LogP contribution in [0.4, 0.5) is 13.2 Å². The molecule has 1 aromatic heterocycles. The molecule has 0 aliphatic rings. The summed E-state index contributed by atoms with van der Waals surface area (Å²) >= 11 is 0.597. The van der Waals surface area contributed by atoms with Gasteiger partial charge in [-0.2, -0.15) is 13.2 Å². The number of aromatic nitrogens is 1. The summed E-state index contributed by atoms with van der Waals surface area (Å²) in [7, 11) is 0. The fraction of sp³-hybridized carbons (Fsp3) is 0.750. The molecular weight excluding hydrogens is 291 g/mol. The van der Waals surface area contributed by atoms with Crippen LogP contribution in [0.2, 0.25) is 0 Å². The van der Waals surface area contributed by atoms with Crippen molar-refractivity contribution in [3.8, 4) is 0 Å². The molecule has 0 saturated carbocycles. The highest BCUT2D eigenvalue weighted by atomic mass is 32.1. The minimum Gasteiger partial charge on any atom is -0.373 e. The Balaban J connectivity index is 3.14. The summed E-state index contributed by atoms with van der Waals surface area (Å²) in [5.41, 5.74) is 1.95. The van der Waals surface area contributed by atoms with Crippen LogP contribution in [0.15, 0.2) is 6.20 Å². The Kier molecular flexibility index (Phi) is 5.93. The number of halogens is 3. The van der Waals surface area contributed by atoms with Gasteiger partial charge in [0.2, 0.25) is 0 Å². The fourth-order valence-electron chi connectivity index (χ4n) is 2.28. The van der Waals surface area contributed by atoms with Gasteiger partial charge in [0.1, 0.15) is 0 Å². The Bertz CT molecular complexity index is 418. The van der Waals surface area contributed by atoms with Gasteiger partial charge < -0.3 is 4.74 Å². The molecule has 0 spiro atoms. The largest absolute Gasteiger partial charge is 0.443 e. The van der Waals surface area contributed by atoms with E-state index in [1.807, 2.05) is 20.8 Å². The summed E-state index contributed by atoms with van der Waals surface area (Å²) in [4.78, 5) is 3.87. The first-order valence-electron chi connectivity index (χ1n) is 6.47. The van der Waals surface area contributed by atoms with Gasteiger partial charge in [0, 0.05) is 17.7 Å². The van der Waals surface area contributed by atoms with Crippen molar-refractivity contribution in [2.75, 3.05) is 6.61 Å². The molecule has 0 fully saturated rings. The van der Waals surface area contributed by atoms with E-state index in [2.05, 4.69) is 10.4 Å². The number of nitrogens with one attached hydrogen (secondary N) is 1. The monoisotopic (exact) mass is 311 g/mol. The van der Waals surface area contributed by atoms with E-state index in [-0.39, 0.29) is 0 Å². The summed E-state index contributed by atoms with van der Waals surface area (Å²) < 4.78 is 43.7. The smallest absolute Gasteiger partial charge is 0.373 e. The highest BCUT2D eigenvalue weighted by molar-refractivity contribution is 7.11. The molecule has 1 heterocycles.